The van der Waals surface area contributed by atoms with Gasteiger partial charge in [0.15, 0.2) is 0 Å². The molecule has 3 unspecified atom stereocenters. The molecule has 2 heteroatoms. The minimum atomic E-state index is 0.483. The topological polar surface area (TPSA) is 8.17 Å². The predicted octanol–water partition coefficient (Wildman–Crippen LogP) is 4.31. The lowest BCUT2D eigenvalue weighted by Crippen LogP contribution is -2.51. The first-order chi connectivity index (χ1) is 10.2. The maximum Gasteiger partial charge on any atom is 0.0558 e. The Balaban J connectivity index is 1.87. The Morgan fingerprint density at radius 1 is 1.19 bits per heavy atom. The second-order valence-corrected chi connectivity index (χ2v) is 7.75. The van der Waals surface area contributed by atoms with Crippen molar-refractivity contribution in [2.24, 2.45) is 5.41 Å². The van der Waals surface area contributed by atoms with E-state index < -0.39 is 0 Å². The third kappa shape index (κ3) is 1.42. The fourth-order valence-corrected chi connectivity index (χ4v) is 5.76. The molecule has 0 bridgehead atoms. The Morgan fingerprint density at radius 2 is 2.05 bits per heavy atom. The molecule has 1 aromatic carbocycles. The molecule has 3 atom stereocenters. The molecule has 4 heterocycles. The maximum atomic E-state index is 2.78. The van der Waals surface area contributed by atoms with Crippen LogP contribution in [-0.2, 0) is 6.42 Å². The zero-order chi connectivity index (χ0) is 14.2. The highest BCUT2D eigenvalue weighted by Crippen LogP contribution is 2.57. The fourth-order valence-electron chi connectivity index (χ4n) is 5.76. The lowest BCUT2D eigenvalue weighted by atomic mass is 9.66. The van der Waals surface area contributed by atoms with Crippen LogP contribution in [0.3, 0.4) is 0 Å². The smallest absolute Gasteiger partial charge is 0.0558 e. The van der Waals surface area contributed by atoms with Crippen molar-refractivity contribution in [2.45, 2.75) is 51.6 Å². The molecule has 0 saturated carbocycles. The Hall–Kier alpha value is -1.28. The first-order valence-corrected chi connectivity index (χ1v) is 8.55. The second-order valence-electron chi connectivity index (χ2n) is 7.75. The molecule has 0 N–H and O–H groups in total. The Morgan fingerprint density at radius 3 is 2.95 bits per heavy atom. The summed E-state index contributed by atoms with van der Waals surface area (Å²) in [6.07, 6.45) is 5.36. The molecular weight excluding hydrogens is 256 g/mol. The van der Waals surface area contributed by atoms with E-state index in [4.69, 9.17) is 0 Å². The number of nitrogens with zero attached hydrogens (tertiary/aromatic N) is 2. The van der Waals surface area contributed by atoms with Crippen LogP contribution >= 0.6 is 0 Å². The van der Waals surface area contributed by atoms with Crippen LogP contribution in [0.25, 0.3) is 10.9 Å². The van der Waals surface area contributed by atoms with Crippen LogP contribution in [0, 0.1) is 5.41 Å². The standard InChI is InChI=1S/C19H24N2/c1-13-12-19(2)9-5-10-20-11-8-15-14-6-3-4-7-16(14)21(13)17(15)18(19)20/h3-4,6-7,13,18H,5,8-12H2,1-2H3. The summed E-state index contributed by atoms with van der Waals surface area (Å²) in [5, 5.41) is 1.52. The third-order valence-corrected chi connectivity index (χ3v) is 6.39. The van der Waals surface area contributed by atoms with E-state index in [1.807, 2.05) is 0 Å². The first kappa shape index (κ1) is 12.3. The van der Waals surface area contributed by atoms with Crippen molar-refractivity contribution in [2.75, 3.05) is 13.1 Å². The fraction of sp³-hybridized carbons (Fsp3) is 0.579. The number of rotatable bonds is 0. The van der Waals surface area contributed by atoms with Crippen LogP contribution in [0.15, 0.2) is 24.3 Å². The summed E-state index contributed by atoms with van der Waals surface area (Å²) in [5.74, 6) is 0. The molecule has 0 aliphatic carbocycles. The summed E-state index contributed by atoms with van der Waals surface area (Å²) in [6.45, 7) is 7.55. The number of fused-ring (bicyclic) bond motifs is 3. The average Bonchev–Trinajstić information content (AvgIpc) is 2.81. The minimum absolute atomic E-state index is 0.483. The average molecular weight is 280 g/mol. The summed E-state index contributed by atoms with van der Waals surface area (Å²) in [4.78, 5) is 2.78. The van der Waals surface area contributed by atoms with Gasteiger partial charge in [0.05, 0.1) is 6.04 Å². The van der Waals surface area contributed by atoms with E-state index in [1.165, 1.54) is 49.7 Å². The summed E-state index contributed by atoms with van der Waals surface area (Å²) in [5.41, 5.74) is 5.29. The van der Waals surface area contributed by atoms with Gasteiger partial charge in [-0.05, 0) is 56.2 Å². The van der Waals surface area contributed by atoms with Gasteiger partial charge in [0.2, 0.25) is 0 Å². The molecule has 21 heavy (non-hydrogen) atoms. The van der Waals surface area contributed by atoms with Gasteiger partial charge >= 0.3 is 0 Å². The van der Waals surface area contributed by atoms with Crippen molar-refractivity contribution >= 4 is 10.9 Å². The molecule has 2 aromatic rings. The van der Waals surface area contributed by atoms with Crippen LogP contribution in [0.4, 0.5) is 0 Å². The molecule has 1 saturated heterocycles. The van der Waals surface area contributed by atoms with E-state index >= 15 is 0 Å². The molecule has 5 rings (SSSR count). The maximum absolute atomic E-state index is 2.78. The highest BCUT2D eigenvalue weighted by atomic mass is 15.2. The van der Waals surface area contributed by atoms with Gasteiger partial charge in [-0.1, -0.05) is 25.1 Å². The van der Waals surface area contributed by atoms with Gasteiger partial charge in [-0.25, -0.2) is 0 Å². The predicted molar refractivity (Wildman–Crippen MR) is 86.6 cm³/mol. The van der Waals surface area contributed by atoms with E-state index in [-0.39, 0.29) is 0 Å². The molecule has 3 aliphatic heterocycles. The first-order valence-electron chi connectivity index (χ1n) is 8.55. The van der Waals surface area contributed by atoms with Crippen molar-refractivity contribution in [3.05, 3.63) is 35.5 Å². The Bertz CT molecular complexity index is 728. The summed E-state index contributed by atoms with van der Waals surface area (Å²) >= 11 is 0. The molecule has 110 valence electrons. The molecule has 3 aliphatic rings. The van der Waals surface area contributed by atoms with E-state index in [1.54, 1.807) is 11.3 Å². The number of hydrogen-bond acceptors (Lipinski definition) is 1. The molecule has 1 fully saturated rings. The molecule has 2 nitrogen and oxygen atoms in total. The van der Waals surface area contributed by atoms with Crippen molar-refractivity contribution in [3.63, 3.8) is 0 Å². The van der Waals surface area contributed by atoms with Gasteiger partial charge in [0.1, 0.15) is 0 Å². The lowest BCUT2D eigenvalue weighted by Gasteiger charge is -2.55. The van der Waals surface area contributed by atoms with Crippen molar-refractivity contribution in [3.8, 4) is 0 Å². The highest BCUT2D eigenvalue weighted by Gasteiger charge is 2.50. The van der Waals surface area contributed by atoms with Gasteiger partial charge < -0.3 is 4.57 Å². The van der Waals surface area contributed by atoms with Gasteiger partial charge in [-0.15, -0.1) is 0 Å². The monoisotopic (exact) mass is 280 g/mol. The van der Waals surface area contributed by atoms with Crippen molar-refractivity contribution in [1.82, 2.24) is 9.47 Å². The van der Waals surface area contributed by atoms with Gasteiger partial charge in [0, 0.05) is 29.2 Å². The zero-order valence-corrected chi connectivity index (χ0v) is 13.1. The third-order valence-electron chi connectivity index (χ3n) is 6.39. The van der Waals surface area contributed by atoms with Crippen molar-refractivity contribution < 1.29 is 0 Å². The summed E-state index contributed by atoms with van der Waals surface area (Å²) in [6, 6.07) is 10.4. The number of benzene rings is 1. The van der Waals surface area contributed by atoms with Gasteiger partial charge in [0.25, 0.3) is 0 Å². The molecule has 0 radical (unpaired) electrons. The SMILES string of the molecule is CC1CC2(C)CCCN3CCc4c(n1c1ccccc41)C32. The second kappa shape index (κ2) is 3.92. The van der Waals surface area contributed by atoms with E-state index in [2.05, 4.69) is 47.6 Å². The van der Waals surface area contributed by atoms with Crippen LogP contribution in [-0.4, -0.2) is 22.6 Å². The lowest BCUT2D eigenvalue weighted by molar-refractivity contribution is -0.0184. The molecule has 0 amide bonds. The van der Waals surface area contributed by atoms with Crippen molar-refractivity contribution in [1.29, 1.82) is 0 Å². The highest BCUT2D eigenvalue weighted by molar-refractivity contribution is 5.86. The molecule has 0 spiro atoms. The summed E-state index contributed by atoms with van der Waals surface area (Å²) in [7, 11) is 0. The van der Waals surface area contributed by atoms with Gasteiger partial charge in [-0.2, -0.15) is 0 Å². The number of hydrogen-bond donors (Lipinski definition) is 0. The Labute approximate surface area is 126 Å². The number of para-hydroxylation sites is 1. The van der Waals surface area contributed by atoms with Crippen LogP contribution in [0.5, 0.6) is 0 Å². The summed E-state index contributed by atoms with van der Waals surface area (Å²) < 4.78 is 2.69. The minimum Gasteiger partial charge on any atom is -0.340 e. The van der Waals surface area contributed by atoms with E-state index in [0.29, 0.717) is 17.5 Å². The molecule has 1 aromatic heterocycles. The number of aromatic nitrogens is 1. The van der Waals surface area contributed by atoms with Crippen LogP contribution in [0.2, 0.25) is 0 Å². The zero-order valence-electron chi connectivity index (χ0n) is 13.1. The molecular formula is C19H24N2. The van der Waals surface area contributed by atoms with E-state index in [0.717, 1.165) is 0 Å². The van der Waals surface area contributed by atoms with Crippen LogP contribution < -0.4 is 0 Å². The quantitative estimate of drug-likeness (QED) is 0.698. The Kier molecular flexibility index (Phi) is 2.29. The van der Waals surface area contributed by atoms with Gasteiger partial charge in [-0.3, -0.25) is 4.90 Å². The largest absolute Gasteiger partial charge is 0.340 e. The normalized spacial score (nSPS) is 35.0. The van der Waals surface area contributed by atoms with E-state index in [9.17, 15) is 0 Å². The van der Waals surface area contributed by atoms with Crippen LogP contribution in [0.1, 0.15) is 56.5 Å². The number of piperidine rings is 1.